The quantitative estimate of drug-likeness (QED) is 0.789. The number of benzene rings is 1. The Balaban J connectivity index is 2.46. The molecule has 0 aliphatic heterocycles. The molecule has 1 aromatic carbocycles. The number of amides is 1. The molecular weight excluding hydrogens is 268 g/mol. The summed E-state index contributed by atoms with van der Waals surface area (Å²) in [6.45, 7) is 11.0. The molecule has 0 aliphatic rings. The predicted molar refractivity (Wildman–Crippen MR) is 84.9 cm³/mol. The first-order valence-electron chi connectivity index (χ1n) is 7.22. The van der Waals surface area contributed by atoms with Crippen LogP contribution in [0, 0.1) is 0 Å². The van der Waals surface area contributed by atoms with Crippen LogP contribution in [-0.2, 0) is 4.74 Å². The second-order valence-corrected chi connectivity index (χ2v) is 6.11. The van der Waals surface area contributed by atoms with Gasteiger partial charge in [0.25, 0.3) is 0 Å². The van der Waals surface area contributed by atoms with Gasteiger partial charge in [-0.15, -0.1) is 0 Å². The van der Waals surface area contributed by atoms with E-state index in [0.717, 1.165) is 6.54 Å². The van der Waals surface area contributed by atoms with Gasteiger partial charge in [0, 0.05) is 24.3 Å². The van der Waals surface area contributed by atoms with Crippen LogP contribution in [0.25, 0.3) is 0 Å². The summed E-state index contributed by atoms with van der Waals surface area (Å²) < 4.78 is 10.8. The highest BCUT2D eigenvalue weighted by atomic mass is 16.6. The predicted octanol–water partition coefficient (Wildman–Crippen LogP) is 3.41. The lowest BCUT2D eigenvalue weighted by molar-refractivity contribution is 0.0636. The number of hydrogen-bond donors (Lipinski definition) is 2. The molecule has 0 bridgehead atoms. The largest absolute Gasteiger partial charge is 0.492 e. The first-order valence-corrected chi connectivity index (χ1v) is 7.22. The summed E-state index contributed by atoms with van der Waals surface area (Å²) in [6.07, 6.45) is -0.471. The van der Waals surface area contributed by atoms with Crippen LogP contribution in [0.15, 0.2) is 24.3 Å². The highest BCUT2D eigenvalue weighted by Crippen LogP contribution is 2.18. The molecule has 2 N–H and O–H groups in total. The number of carbonyl (C=O) groups is 1. The van der Waals surface area contributed by atoms with E-state index < -0.39 is 11.7 Å². The highest BCUT2D eigenvalue weighted by molar-refractivity contribution is 5.85. The highest BCUT2D eigenvalue weighted by Gasteiger charge is 2.16. The van der Waals surface area contributed by atoms with Gasteiger partial charge in [-0.2, -0.15) is 0 Å². The average Bonchev–Trinajstić information content (AvgIpc) is 2.32. The normalized spacial score (nSPS) is 11.3. The van der Waals surface area contributed by atoms with Crippen molar-refractivity contribution in [1.29, 1.82) is 0 Å². The molecule has 21 heavy (non-hydrogen) atoms. The Bertz CT molecular complexity index is 453. The van der Waals surface area contributed by atoms with Gasteiger partial charge in [0.15, 0.2) is 0 Å². The number of rotatable bonds is 6. The van der Waals surface area contributed by atoms with Crippen LogP contribution in [0.5, 0.6) is 5.75 Å². The van der Waals surface area contributed by atoms with Crippen LogP contribution >= 0.6 is 0 Å². The molecule has 0 radical (unpaired) electrons. The Kier molecular flexibility index (Phi) is 6.49. The third kappa shape index (κ3) is 8.19. The van der Waals surface area contributed by atoms with E-state index in [1.807, 2.05) is 32.9 Å². The summed E-state index contributed by atoms with van der Waals surface area (Å²) >= 11 is 0. The molecule has 0 fully saturated rings. The van der Waals surface area contributed by atoms with Crippen molar-refractivity contribution in [3.8, 4) is 5.75 Å². The molecule has 5 nitrogen and oxygen atoms in total. The zero-order valence-corrected chi connectivity index (χ0v) is 13.5. The topological polar surface area (TPSA) is 59.6 Å². The lowest BCUT2D eigenvalue weighted by Crippen LogP contribution is -2.27. The van der Waals surface area contributed by atoms with E-state index in [2.05, 4.69) is 24.5 Å². The molecule has 118 valence electrons. The minimum Gasteiger partial charge on any atom is -0.492 e. The summed E-state index contributed by atoms with van der Waals surface area (Å²) in [5.41, 5.74) is 0.138. The second kappa shape index (κ2) is 7.88. The van der Waals surface area contributed by atoms with Gasteiger partial charge in [-0.05, 0) is 32.9 Å². The minimum atomic E-state index is -0.513. The third-order valence-corrected chi connectivity index (χ3v) is 2.40. The average molecular weight is 294 g/mol. The van der Waals surface area contributed by atoms with Crippen molar-refractivity contribution < 1.29 is 14.3 Å². The summed E-state index contributed by atoms with van der Waals surface area (Å²) in [4.78, 5) is 11.7. The van der Waals surface area contributed by atoms with E-state index in [9.17, 15) is 4.79 Å². The lowest BCUT2D eigenvalue weighted by Gasteiger charge is -2.19. The van der Waals surface area contributed by atoms with Crippen LogP contribution in [0.1, 0.15) is 34.6 Å². The number of carbonyl (C=O) groups excluding carboxylic acids is 1. The van der Waals surface area contributed by atoms with Crippen LogP contribution in [-0.4, -0.2) is 30.9 Å². The van der Waals surface area contributed by atoms with Crippen molar-refractivity contribution in [3.05, 3.63) is 24.3 Å². The fourth-order valence-corrected chi connectivity index (χ4v) is 1.60. The van der Waals surface area contributed by atoms with Gasteiger partial charge in [-0.25, -0.2) is 4.79 Å². The third-order valence-electron chi connectivity index (χ3n) is 2.40. The van der Waals surface area contributed by atoms with Gasteiger partial charge in [0.1, 0.15) is 18.0 Å². The Morgan fingerprint density at radius 2 is 2.00 bits per heavy atom. The number of nitrogens with one attached hydrogen (secondary N) is 2. The van der Waals surface area contributed by atoms with Gasteiger partial charge in [0.05, 0.1) is 0 Å². The summed E-state index contributed by atoms with van der Waals surface area (Å²) in [7, 11) is 0. The van der Waals surface area contributed by atoms with E-state index in [0.29, 0.717) is 24.1 Å². The van der Waals surface area contributed by atoms with Crippen LogP contribution in [0.3, 0.4) is 0 Å². The molecule has 0 spiro atoms. The molecule has 0 unspecified atom stereocenters. The maximum absolute atomic E-state index is 11.7. The van der Waals surface area contributed by atoms with Crippen molar-refractivity contribution >= 4 is 11.8 Å². The van der Waals surface area contributed by atoms with E-state index in [-0.39, 0.29) is 0 Å². The van der Waals surface area contributed by atoms with Crippen molar-refractivity contribution in [2.75, 3.05) is 18.5 Å². The lowest BCUT2D eigenvalue weighted by atomic mass is 10.2. The SMILES string of the molecule is CC(C)NCCOc1cccc(NC(=O)OC(C)(C)C)c1. The fourth-order valence-electron chi connectivity index (χ4n) is 1.60. The molecule has 0 atom stereocenters. The molecule has 0 aromatic heterocycles. The van der Waals surface area contributed by atoms with Gasteiger partial charge < -0.3 is 14.8 Å². The molecule has 1 aromatic rings. The zero-order chi connectivity index (χ0) is 15.9. The number of ether oxygens (including phenoxy) is 2. The fraction of sp³-hybridized carbons (Fsp3) is 0.562. The summed E-state index contributed by atoms with van der Waals surface area (Å²) in [5, 5.41) is 5.96. The van der Waals surface area contributed by atoms with Gasteiger partial charge in [-0.3, -0.25) is 5.32 Å². The Labute approximate surface area is 127 Å². The molecule has 1 amide bonds. The van der Waals surface area contributed by atoms with Crippen LogP contribution in [0.2, 0.25) is 0 Å². The molecule has 0 saturated heterocycles. The van der Waals surface area contributed by atoms with E-state index in [1.165, 1.54) is 0 Å². The molecule has 1 rings (SSSR count). The maximum atomic E-state index is 11.7. The first kappa shape index (κ1) is 17.3. The molecule has 0 aliphatic carbocycles. The monoisotopic (exact) mass is 294 g/mol. The Morgan fingerprint density at radius 3 is 2.62 bits per heavy atom. The van der Waals surface area contributed by atoms with E-state index in [1.54, 1.807) is 12.1 Å². The summed E-state index contributed by atoms with van der Waals surface area (Å²) in [5.74, 6) is 0.717. The van der Waals surface area contributed by atoms with E-state index in [4.69, 9.17) is 9.47 Å². The van der Waals surface area contributed by atoms with Crippen molar-refractivity contribution in [1.82, 2.24) is 5.32 Å². The van der Waals surface area contributed by atoms with Crippen LogP contribution in [0.4, 0.5) is 10.5 Å². The molecular formula is C16H26N2O3. The Hall–Kier alpha value is -1.75. The first-order chi connectivity index (χ1) is 9.76. The van der Waals surface area contributed by atoms with Crippen molar-refractivity contribution in [2.45, 2.75) is 46.3 Å². The van der Waals surface area contributed by atoms with E-state index >= 15 is 0 Å². The van der Waals surface area contributed by atoms with Gasteiger partial charge in [0.2, 0.25) is 0 Å². The molecule has 5 heteroatoms. The van der Waals surface area contributed by atoms with Gasteiger partial charge in [-0.1, -0.05) is 19.9 Å². The number of hydrogen-bond acceptors (Lipinski definition) is 4. The van der Waals surface area contributed by atoms with Crippen molar-refractivity contribution in [2.24, 2.45) is 0 Å². The van der Waals surface area contributed by atoms with Crippen LogP contribution < -0.4 is 15.4 Å². The Morgan fingerprint density at radius 1 is 1.29 bits per heavy atom. The standard InChI is InChI=1S/C16H26N2O3/c1-12(2)17-9-10-20-14-8-6-7-13(11-14)18-15(19)21-16(3,4)5/h6-8,11-12,17H,9-10H2,1-5H3,(H,18,19). The molecule has 0 saturated carbocycles. The smallest absolute Gasteiger partial charge is 0.412 e. The summed E-state index contributed by atoms with van der Waals surface area (Å²) in [6, 6.07) is 7.70. The minimum absolute atomic E-state index is 0.439. The molecule has 0 heterocycles. The van der Waals surface area contributed by atoms with Gasteiger partial charge >= 0.3 is 6.09 Å². The number of anilines is 1. The van der Waals surface area contributed by atoms with Crippen molar-refractivity contribution in [3.63, 3.8) is 0 Å². The second-order valence-electron chi connectivity index (χ2n) is 6.11. The maximum Gasteiger partial charge on any atom is 0.412 e. The zero-order valence-electron chi connectivity index (χ0n) is 13.5.